The van der Waals surface area contributed by atoms with E-state index in [9.17, 15) is 13.6 Å². The summed E-state index contributed by atoms with van der Waals surface area (Å²) >= 11 is 1.28. The number of morpholine rings is 1. The molecule has 0 spiro atoms. The first-order valence-electron chi connectivity index (χ1n) is 11.9. The van der Waals surface area contributed by atoms with Crippen molar-refractivity contribution in [2.24, 2.45) is 0 Å². The second-order valence-corrected chi connectivity index (χ2v) is 9.62. The van der Waals surface area contributed by atoms with E-state index >= 15 is 0 Å². The van der Waals surface area contributed by atoms with E-state index in [0.29, 0.717) is 43.3 Å². The maximum absolute atomic E-state index is 14.2. The normalized spacial score (nSPS) is 14.3. The van der Waals surface area contributed by atoms with Gasteiger partial charge in [0.2, 0.25) is 16.1 Å². The molecule has 4 aromatic rings. The van der Waals surface area contributed by atoms with Crippen LogP contribution in [0.5, 0.6) is 0 Å². The molecule has 1 aliphatic heterocycles. The molecule has 5 rings (SSSR count). The number of nitrogen functional groups attached to an aromatic ring is 1. The van der Waals surface area contributed by atoms with Crippen LogP contribution in [-0.4, -0.2) is 80.0 Å². The topological polar surface area (TPSA) is 128 Å². The van der Waals surface area contributed by atoms with Crippen molar-refractivity contribution in [3.8, 4) is 12.8 Å². The highest BCUT2D eigenvalue weighted by Crippen LogP contribution is 2.25. The second-order valence-electron chi connectivity index (χ2n) is 8.66. The number of nitrogens with zero attached hydrogens (tertiary/aromatic N) is 8. The van der Waals surface area contributed by atoms with Crippen LogP contribution in [0.1, 0.15) is 35.4 Å². The Hall–Kier alpha value is -3.96. The van der Waals surface area contributed by atoms with E-state index in [-0.39, 0.29) is 34.4 Å². The number of hydrogen-bond donors (Lipinski definition) is 1. The quantitative estimate of drug-likeness (QED) is 0.350. The summed E-state index contributed by atoms with van der Waals surface area (Å²) in [6.07, 6.45) is 9.86. The Labute approximate surface area is 221 Å². The third kappa shape index (κ3) is 5.48. The van der Waals surface area contributed by atoms with Gasteiger partial charge < -0.3 is 20.3 Å². The lowest BCUT2D eigenvalue weighted by atomic mass is 10.1. The van der Waals surface area contributed by atoms with Crippen molar-refractivity contribution in [3.63, 3.8) is 0 Å². The second kappa shape index (κ2) is 11.6. The summed E-state index contributed by atoms with van der Waals surface area (Å²) in [4.78, 5) is 25.1. The van der Waals surface area contributed by atoms with Crippen LogP contribution in [0.4, 0.5) is 19.9 Å². The van der Waals surface area contributed by atoms with Crippen LogP contribution in [0.25, 0.3) is 16.6 Å². The van der Waals surface area contributed by atoms with Gasteiger partial charge in [0, 0.05) is 38.7 Å². The van der Waals surface area contributed by atoms with Crippen molar-refractivity contribution in [2.75, 3.05) is 44.0 Å². The van der Waals surface area contributed by atoms with E-state index in [4.69, 9.17) is 10.5 Å². The number of hydrogen-bond acceptors (Lipinski definition) is 10. The van der Waals surface area contributed by atoms with E-state index in [0.717, 1.165) is 24.3 Å². The molecule has 1 amide bonds. The molecular formula is C24H27F2N9O2S. The number of halogens is 2. The van der Waals surface area contributed by atoms with Gasteiger partial charge in [0.15, 0.2) is 17.3 Å². The predicted molar refractivity (Wildman–Crippen MR) is 140 cm³/mol. The smallest absolute Gasteiger partial charge is 0.284 e. The van der Waals surface area contributed by atoms with Crippen molar-refractivity contribution in [1.82, 2.24) is 34.7 Å². The van der Waals surface area contributed by atoms with E-state index in [1.54, 1.807) is 11.9 Å². The number of fused-ring (bicyclic) bond motifs is 3. The van der Waals surface area contributed by atoms with Crippen LogP contribution in [0.3, 0.4) is 0 Å². The molecule has 3 aromatic heterocycles. The minimum atomic E-state index is -0.808. The first-order chi connectivity index (χ1) is 18.3. The number of carbonyl (C=O) groups excluding carboxylic acids is 1. The monoisotopic (exact) mass is 543 g/mol. The summed E-state index contributed by atoms with van der Waals surface area (Å²) < 4.78 is 34.6. The minimum Gasteiger partial charge on any atom is -0.378 e. The maximum Gasteiger partial charge on any atom is 0.284 e. The maximum atomic E-state index is 14.2. The number of anilines is 2. The lowest BCUT2D eigenvalue weighted by Gasteiger charge is -2.25. The Morgan fingerprint density at radius 1 is 1.24 bits per heavy atom. The van der Waals surface area contributed by atoms with Crippen molar-refractivity contribution in [3.05, 3.63) is 34.6 Å². The third-order valence-electron chi connectivity index (χ3n) is 6.25. The lowest BCUT2D eigenvalue weighted by Crippen LogP contribution is -2.36. The molecule has 14 heteroatoms. The standard InChI is InChI=1S/C22H25F2N9O2S.C2H2/c1-12(31(2)20(34)19-28-29-22(36-19)32-6-8-35-9-7-32)4-3-5-16-26-18-14-10-13(23)11-15(24)17(14)27-21(25)33(18)30-16;1-2/h10-12H,3-9H2,1-2H3,(H2,25,27);1-2H/t12-;/m0./s1. The van der Waals surface area contributed by atoms with Crippen LogP contribution in [-0.2, 0) is 11.2 Å². The number of carbonyl (C=O) groups is 1. The fraction of sp³-hybridized carbons (Fsp3) is 0.417. The van der Waals surface area contributed by atoms with Crippen molar-refractivity contribution >= 4 is 44.9 Å². The van der Waals surface area contributed by atoms with Gasteiger partial charge in [-0.05, 0) is 25.8 Å². The highest BCUT2D eigenvalue weighted by molar-refractivity contribution is 7.17. The molecule has 4 heterocycles. The molecule has 0 bridgehead atoms. The number of amides is 1. The zero-order valence-corrected chi connectivity index (χ0v) is 21.8. The molecule has 1 fully saturated rings. The molecule has 38 heavy (non-hydrogen) atoms. The fourth-order valence-corrected chi connectivity index (χ4v) is 4.97. The SMILES string of the molecule is C#C.C[C@@H](CCCc1nc2c3cc(F)cc(F)c3nc(N)n2n1)N(C)C(=O)c1nnc(N2CCOCC2)s1. The number of rotatable bonds is 7. The highest BCUT2D eigenvalue weighted by atomic mass is 32.1. The average Bonchev–Trinajstić information content (AvgIpc) is 3.59. The van der Waals surface area contributed by atoms with Gasteiger partial charge in [-0.1, -0.05) is 11.3 Å². The zero-order valence-electron chi connectivity index (χ0n) is 21.0. The zero-order chi connectivity index (χ0) is 27.4. The molecule has 0 radical (unpaired) electrons. The van der Waals surface area contributed by atoms with E-state index in [1.807, 2.05) is 6.92 Å². The predicted octanol–water partition coefficient (Wildman–Crippen LogP) is 2.56. The number of benzene rings is 1. The van der Waals surface area contributed by atoms with Crippen LogP contribution in [0.15, 0.2) is 12.1 Å². The average molecular weight is 544 g/mol. The Bertz CT molecular complexity index is 1470. The summed E-state index contributed by atoms with van der Waals surface area (Å²) in [6, 6.07) is 1.85. The van der Waals surface area contributed by atoms with Gasteiger partial charge in [-0.15, -0.1) is 28.1 Å². The van der Waals surface area contributed by atoms with Crippen LogP contribution in [0, 0.1) is 24.5 Å². The van der Waals surface area contributed by atoms with Gasteiger partial charge in [-0.25, -0.2) is 18.7 Å². The third-order valence-corrected chi connectivity index (χ3v) is 7.22. The van der Waals surface area contributed by atoms with Crippen LogP contribution in [0.2, 0.25) is 0 Å². The molecule has 1 aromatic carbocycles. The molecule has 0 saturated carbocycles. The first-order valence-corrected chi connectivity index (χ1v) is 12.7. The molecular weight excluding hydrogens is 516 g/mol. The summed E-state index contributed by atoms with van der Waals surface area (Å²) in [5.41, 5.74) is 6.12. The molecule has 0 unspecified atom stereocenters. The largest absolute Gasteiger partial charge is 0.378 e. The summed E-state index contributed by atoms with van der Waals surface area (Å²) in [7, 11) is 1.74. The number of aryl methyl sites for hydroxylation is 1. The van der Waals surface area contributed by atoms with Crippen molar-refractivity contribution < 1.29 is 18.3 Å². The summed E-state index contributed by atoms with van der Waals surface area (Å²) in [5.74, 6) is -1.28. The van der Waals surface area contributed by atoms with Crippen LogP contribution >= 0.6 is 11.3 Å². The summed E-state index contributed by atoms with van der Waals surface area (Å²) in [6.45, 7) is 4.68. The molecule has 11 nitrogen and oxygen atoms in total. The number of nitrogens with two attached hydrogens (primary N) is 1. The van der Waals surface area contributed by atoms with Gasteiger partial charge in [0.25, 0.3) is 5.91 Å². The van der Waals surface area contributed by atoms with E-state index in [2.05, 4.69) is 43.0 Å². The fourth-order valence-electron chi connectivity index (χ4n) is 4.09. The Kier molecular flexibility index (Phi) is 8.28. The number of ether oxygens (including phenoxy) is 1. The lowest BCUT2D eigenvalue weighted by molar-refractivity contribution is 0.0734. The van der Waals surface area contributed by atoms with E-state index in [1.165, 1.54) is 21.9 Å². The van der Waals surface area contributed by atoms with E-state index < -0.39 is 11.6 Å². The van der Waals surface area contributed by atoms with Gasteiger partial charge in [0.1, 0.15) is 11.3 Å². The van der Waals surface area contributed by atoms with Crippen LogP contribution < -0.4 is 10.6 Å². The van der Waals surface area contributed by atoms with Gasteiger partial charge >= 0.3 is 0 Å². The summed E-state index contributed by atoms with van der Waals surface area (Å²) in [5, 5.41) is 13.9. The minimum absolute atomic E-state index is 0.0334. The molecule has 1 atom stereocenters. The molecule has 2 N–H and O–H groups in total. The number of terminal acetylenes is 1. The number of aromatic nitrogens is 6. The van der Waals surface area contributed by atoms with Gasteiger partial charge in [0.05, 0.1) is 18.6 Å². The molecule has 200 valence electrons. The molecule has 1 saturated heterocycles. The molecule has 0 aliphatic carbocycles. The Morgan fingerprint density at radius 2 is 1.97 bits per heavy atom. The molecule has 1 aliphatic rings. The van der Waals surface area contributed by atoms with Gasteiger partial charge in [-0.2, -0.15) is 4.52 Å². The Morgan fingerprint density at radius 3 is 2.71 bits per heavy atom. The Balaban J connectivity index is 0.00000164. The first kappa shape index (κ1) is 27.1. The highest BCUT2D eigenvalue weighted by Gasteiger charge is 2.24. The van der Waals surface area contributed by atoms with Gasteiger partial charge in [-0.3, -0.25) is 4.79 Å². The van der Waals surface area contributed by atoms with Crippen molar-refractivity contribution in [2.45, 2.75) is 32.2 Å². The van der Waals surface area contributed by atoms with Crippen molar-refractivity contribution in [1.29, 1.82) is 0 Å².